The molecule has 0 radical (unpaired) electrons. The standard InChI is InChI=1S/C24H27NO5S/c1-3-30-24(29)20-17(14-7-5-4-6-8-14)13(2)31-22(20)25-21(26)18-15-9-11-16(12-10-15)19(18)23(27)28/h4-8,15-16,18-19H,3,9-12H2,1-2H3,(H,25,26)(H,27,28)/t15?,16?,18-,19-/m0/s1. The van der Waals surface area contributed by atoms with Crippen molar-refractivity contribution in [3.63, 3.8) is 0 Å². The van der Waals surface area contributed by atoms with E-state index in [4.69, 9.17) is 4.74 Å². The van der Waals surface area contributed by atoms with Crippen LogP contribution in [0.1, 0.15) is 47.8 Å². The van der Waals surface area contributed by atoms with E-state index in [1.807, 2.05) is 37.3 Å². The maximum Gasteiger partial charge on any atom is 0.341 e. The third kappa shape index (κ3) is 3.99. The Bertz CT molecular complexity index is 991. The first-order valence-corrected chi connectivity index (χ1v) is 11.6. The number of carboxylic acids is 1. The van der Waals surface area contributed by atoms with Gasteiger partial charge in [-0.1, -0.05) is 30.3 Å². The number of ether oxygens (including phenoxy) is 1. The van der Waals surface area contributed by atoms with Crippen molar-refractivity contribution in [1.82, 2.24) is 0 Å². The lowest BCUT2D eigenvalue weighted by Gasteiger charge is -2.45. The van der Waals surface area contributed by atoms with Crippen molar-refractivity contribution in [2.45, 2.75) is 39.5 Å². The largest absolute Gasteiger partial charge is 0.481 e. The lowest BCUT2D eigenvalue weighted by atomic mass is 9.58. The van der Waals surface area contributed by atoms with E-state index in [-0.39, 0.29) is 24.3 Å². The zero-order chi connectivity index (χ0) is 22.1. The molecule has 2 bridgehead atoms. The highest BCUT2D eigenvalue weighted by Crippen LogP contribution is 2.50. The molecule has 1 aromatic heterocycles. The van der Waals surface area contributed by atoms with Crippen molar-refractivity contribution in [3.05, 3.63) is 40.8 Å². The van der Waals surface area contributed by atoms with Gasteiger partial charge in [-0.25, -0.2) is 4.79 Å². The Labute approximate surface area is 185 Å². The summed E-state index contributed by atoms with van der Waals surface area (Å²) in [5.74, 6) is -2.78. The van der Waals surface area contributed by atoms with Crippen molar-refractivity contribution in [2.75, 3.05) is 11.9 Å². The number of nitrogens with one attached hydrogen (secondary N) is 1. The van der Waals surface area contributed by atoms with Crippen LogP contribution in [0.3, 0.4) is 0 Å². The van der Waals surface area contributed by atoms with E-state index in [2.05, 4.69) is 5.32 Å². The smallest absolute Gasteiger partial charge is 0.341 e. The van der Waals surface area contributed by atoms with Gasteiger partial charge in [0.2, 0.25) is 5.91 Å². The molecule has 3 fully saturated rings. The number of hydrogen-bond donors (Lipinski definition) is 2. The fourth-order valence-corrected chi connectivity index (χ4v) is 6.43. The Morgan fingerprint density at radius 3 is 2.26 bits per heavy atom. The highest BCUT2D eigenvalue weighted by molar-refractivity contribution is 7.17. The van der Waals surface area contributed by atoms with Gasteiger partial charge in [-0.2, -0.15) is 0 Å². The van der Waals surface area contributed by atoms with Crippen molar-refractivity contribution >= 4 is 34.2 Å². The third-order valence-corrected chi connectivity index (χ3v) is 7.69. The van der Waals surface area contributed by atoms with Crippen LogP contribution in [-0.4, -0.2) is 29.6 Å². The summed E-state index contributed by atoms with van der Waals surface area (Å²) < 4.78 is 5.30. The topological polar surface area (TPSA) is 92.7 Å². The van der Waals surface area contributed by atoms with Crippen molar-refractivity contribution in [2.24, 2.45) is 23.7 Å². The predicted octanol–water partition coefficient (Wildman–Crippen LogP) is 4.98. The molecule has 2 aromatic rings. The normalized spacial score (nSPS) is 24.6. The molecule has 1 aromatic carbocycles. The van der Waals surface area contributed by atoms with Gasteiger partial charge in [0.1, 0.15) is 10.6 Å². The molecule has 1 amide bonds. The number of carboxylic acid groups (broad SMARTS) is 1. The van der Waals surface area contributed by atoms with Crippen LogP contribution in [0.5, 0.6) is 0 Å². The number of thiophene rings is 1. The molecule has 3 aliphatic carbocycles. The number of rotatable bonds is 6. The molecule has 0 saturated heterocycles. The summed E-state index contributed by atoms with van der Waals surface area (Å²) >= 11 is 1.33. The van der Waals surface area contributed by atoms with Gasteiger partial charge in [0.15, 0.2) is 0 Å². The predicted molar refractivity (Wildman–Crippen MR) is 119 cm³/mol. The van der Waals surface area contributed by atoms with Gasteiger partial charge in [-0.05, 0) is 56.9 Å². The van der Waals surface area contributed by atoms with E-state index >= 15 is 0 Å². The quantitative estimate of drug-likeness (QED) is 0.617. The maximum atomic E-state index is 13.3. The van der Waals surface area contributed by atoms with E-state index in [9.17, 15) is 19.5 Å². The highest BCUT2D eigenvalue weighted by atomic mass is 32.1. The second kappa shape index (κ2) is 8.83. The van der Waals surface area contributed by atoms with E-state index in [0.29, 0.717) is 10.6 Å². The molecule has 0 aliphatic heterocycles. The number of carbonyl (C=O) groups excluding carboxylic acids is 2. The molecule has 31 heavy (non-hydrogen) atoms. The van der Waals surface area contributed by atoms with Crippen LogP contribution in [-0.2, 0) is 14.3 Å². The third-order valence-electron chi connectivity index (χ3n) is 6.67. The van der Waals surface area contributed by atoms with Crippen LogP contribution in [0.15, 0.2) is 30.3 Å². The summed E-state index contributed by atoms with van der Waals surface area (Å²) in [7, 11) is 0. The number of esters is 1. The lowest BCUT2D eigenvalue weighted by molar-refractivity contribution is -0.156. The monoisotopic (exact) mass is 441 g/mol. The molecule has 1 heterocycles. The first kappa shape index (κ1) is 21.6. The minimum Gasteiger partial charge on any atom is -0.481 e. The first-order valence-electron chi connectivity index (χ1n) is 10.8. The summed E-state index contributed by atoms with van der Waals surface area (Å²) in [6.07, 6.45) is 3.51. The fourth-order valence-electron chi connectivity index (χ4n) is 5.36. The zero-order valence-corrected chi connectivity index (χ0v) is 18.5. The lowest BCUT2D eigenvalue weighted by Crippen LogP contribution is -2.49. The highest BCUT2D eigenvalue weighted by Gasteiger charge is 2.50. The molecule has 3 saturated carbocycles. The Hall–Kier alpha value is -2.67. The van der Waals surface area contributed by atoms with E-state index in [1.54, 1.807) is 6.92 Å². The molecule has 2 N–H and O–H groups in total. The molecule has 164 valence electrons. The van der Waals surface area contributed by atoms with Gasteiger partial charge in [0, 0.05) is 10.4 Å². The van der Waals surface area contributed by atoms with Gasteiger partial charge in [0.25, 0.3) is 0 Å². The number of aliphatic carboxylic acids is 1. The Balaban J connectivity index is 1.70. The summed E-state index contributed by atoms with van der Waals surface area (Å²) in [6, 6.07) is 9.54. The number of carbonyl (C=O) groups is 3. The van der Waals surface area contributed by atoms with Gasteiger partial charge < -0.3 is 15.2 Å². The number of amides is 1. The molecule has 6 nitrogen and oxygen atoms in total. The average Bonchev–Trinajstić information content (AvgIpc) is 3.10. The van der Waals surface area contributed by atoms with Crippen LogP contribution in [0.4, 0.5) is 5.00 Å². The van der Waals surface area contributed by atoms with E-state index in [0.717, 1.165) is 41.7 Å². The summed E-state index contributed by atoms with van der Waals surface area (Å²) in [5, 5.41) is 13.2. The second-order valence-electron chi connectivity index (χ2n) is 8.38. The van der Waals surface area contributed by atoms with Crippen LogP contribution >= 0.6 is 11.3 Å². The van der Waals surface area contributed by atoms with E-state index in [1.165, 1.54) is 11.3 Å². The molecule has 0 unspecified atom stereocenters. The molecule has 3 aliphatic rings. The van der Waals surface area contributed by atoms with Crippen molar-refractivity contribution in [1.29, 1.82) is 0 Å². The van der Waals surface area contributed by atoms with Gasteiger partial charge in [-0.15, -0.1) is 11.3 Å². The van der Waals surface area contributed by atoms with Crippen LogP contribution in [0, 0.1) is 30.6 Å². The summed E-state index contributed by atoms with van der Waals surface area (Å²) in [6.45, 7) is 3.88. The number of aryl methyl sites for hydroxylation is 1. The van der Waals surface area contributed by atoms with Crippen molar-refractivity contribution < 1.29 is 24.2 Å². The van der Waals surface area contributed by atoms with Crippen molar-refractivity contribution in [3.8, 4) is 11.1 Å². The van der Waals surface area contributed by atoms with Crippen LogP contribution in [0.25, 0.3) is 11.1 Å². The second-order valence-corrected chi connectivity index (χ2v) is 9.60. The first-order chi connectivity index (χ1) is 14.9. The molecule has 5 rings (SSSR count). The number of hydrogen-bond acceptors (Lipinski definition) is 5. The summed E-state index contributed by atoms with van der Waals surface area (Å²) in [4.78, 5) is 39.1. The Kier molecular flexibility index (Phi) is 6.14. The molecule has 0 spiro atoms. The van der Waals surface area contributed by atoms with Crippen LogP contribution in [0.2, 0.25) is 0 Å². The summed E-state index contributed by atoms with van der Waals surface area (Å²) in [5.41, 5.74) is 1.97. The minimum atomic E-state index is -0.896. The van der Waals surface area contributed by atoms with Gasteiger partial charge >= 0.3 is 11.9 Å². The van der Waals surface area contributed by atoms with Gasteiger partial charge in [-0.3, -0.25) is 9.59 Å². The number of fused-ring (bicyclic) bond motifs is 3. The SMILES string of the molecule is CCOC(=O)c1c(NC(=O)[C@H]2C3CCC(CC3)[C@@H]2C(=O)O)sc(C)c1-c1ccccc1. The molecule has 7 heteroatoms. The van der Waals surface area contributed by atoms with Gasteiger partial charge in [0.05, 0.1) is 18.4 Å². The van der Waals surface area contributed by atoms with E-state index < -0.39 is 23.8 Å². The number of benzene rings is 1. The molecular formula is C24H27NO5S. The van der Waals surface area contributed by atoms with Crippen LogP contribution < -0.4 is 5.32 Å². The minimum absolute atomic E-state index is 0.0488. The number of anilines is 1. The zero-order valence-electron chi connectivity index (χ0n) is 17.7. The Morgan fingerprint density at radius 1 is 1.06 bits per heavy atom. The fraction of sp³-hybridized carbons (Fsp3) is 0.458. The average molecular weight is 442 g/mol. The molecular weight excluding hydrogens is 414 g/mol. The Morgan fingerprint density at radius 2 is 1.68 bits per heavy atom. The maximum absolute atomic E-state index is 13.3. The molecule has 2 atom stereocenters.